The van der Waals surface area contributed by atoms with Crippen molar-refractivity contribution in [3.8, 4) is 6.07 Å². The van der Waals surface area contributed by atoms with Crippen molar-refractivity contribution in [2.45, 2.75) is 5.92 Å². The highest BCUT2D eigenvalue weighted by Crippen LogP contribution is 2.39. The summed E-state index contributed by atoms with van der Waals surface area (Å²) < 4.78 is 4.58. The van der Waals surface area contributed by atoms with Crippen LogP contribution in [0.1, 0.15) is 28.4 Å². The van der Waals surface area contributed by atoms with Crippen molar-refractivity contribution < 1.29 is 19.1 Å². The number of H-pyrrole nitrogens is 2. The van der Waals surface area contributed by atoms with E-state index < -0.39 is 27.2 Å². The predicted molar refractivity (Wildman–Crippen MR) is 87.5 cm³/mol. The molecule has 1 aromatic carbocycles. The topological polar surface area (TPSA) is 184 Å². The molecule has 0 spiro atoms. The number of nitrogens with one attached hydrogen (secondary N) is 2. The summed E-state index contributed by atoms with van der Waals surface area (Å²) in [7, 11) is 0. The molecule has 1 aliphatic carbocycles. The maximum Gasteiger partial charge on any atom is 0.289 e. The van der Waals surface area contributed by atoms with Crippen LogP contribution in [0, 0.1) is 36.8 Å². The summed E-state index contributed by atoms with van der Waals surface area (Å²) in [6, 6.07) is 6.68. The summed E-state index contributed by atoms with van der Waals surface area (Å²) in [5.74, 6) is -1.24. The molecule has 0 saturated heterocycles. The number of nitriles is 1. The zero-order chi connectivity index (χ0) is 19.3. The second-order valence-corrected chi connectivity index (χ2v) is 5.73. The van der Waals surface area contributed by atoms with Crippen LogP contribution in [-0.2, 0) is 0 Å². The minimum Gasteiger partial charge on any atom is -0.612 e. The van der Waals surface area contributed by atoms with E-state index in [9.17, 15) is 25.4 Å². The Morgan fingerprint density at radius 3 is 2.74 bits per heavy atom. The lowest BCUT2D eigenvalue weighted by Gasteiger charge is -2.14. The molecule has 2 aromatic heterocycles. The van der Waals surface area contributed by atoms with E-state index in [0.717, 1.165) is 6.08 Å². The molecule has 0 saturated carbocycles. The van der Waals surface area contributed by atoms with E-state index in [1.54, 1.807) is 12.1 Å². The van der Waals surface area contributed by atoms with Gasteiger partial charge in [0.1, 0.15) is 0 Å². The average molecular weight is 368 g/mol. The Hall–Kier alpha value is -4.40. The smallest absolute Gasteiger partial charge is 0.289 e. The SMILES string of the molecule is N#Cc1ccc2[nH]cc(C3C([N+](=O)[O-])=CC(=[N+]([O-])[O-])c4[nH]o[n+](=O)c43)c2c1. The van der Waals surface area contributed by atoms with Crippen LogP contribution in [0.5, 0.6) is 0 Å². The lowest BCUT2D eigenvalue weighted by atomic mass is 9.85. The fourth-order valence-electron chi connectivity index (χ4n) is 3.21. The molecule has 1 aliphatic rings. The molecule has 134 valence electrons. The number of rotatable bonds is 2. The molecular formula is C15H8N6O6. The molecule has 12 heteroatoms. The molecule has 2 N–H and O–H groups in total. The van der Waals surface area contributed by atoms with Crippen LogP contribution in [0.2, 0.25) is 0 Å². The summed E-state index contributed by atoms with van der Waals surface area (Å²) in [4.78, 5) is 25.1. The van der Waals surface area contributed by atoms with Crippen molar-refractivity contribution in [1.82, 2.24) is 10.1 Å². The van der Waals surface area contributed by atoms with Crippen LogP contribution in [0.4, 0.5) is 0 Å². The zero-order valence-corrected chi connectivity index (χ0v) is 13.2. The van der Waals surface area contributed by atoms with Crippen molar-refractivity contribution in [1.29, 1.82) is 5.26 Å². The lowest BCUT2D eigenvalue weighted by Crippen LogP contribution is -2.30. The molecule has 1 atom stereocenters. The number of nitrogens with zero attached hydrogens (tertiary/aromatic N) is 4. The molecular weight excluding hydrogens is 360 g/mol. The van der Waals surface area contributed by atoms with Gasteiger partial charge in [0.05, 0.1) is 22.6 Å². The van der Waals surface area contributed by atoms with Crippen molar-refractivity contribution in [3.63, 3.8) is 0 Å². The van der Waals surface area contributed by atoms with Crippen LogP contribution in [0.3, 0.4) is 0 Å². The van der Waals surface area contributed by atoms with E-state index in [1.807, 2.05) is 6.07 Å². The Balaban J connectivity index is 2.07. The summed E-state index contributed by atoms with van der Waals surface area (Å²) in [5, 5.41) is 45.9. The molecule has 12 nitrogen and oxygen atoms in total. The molecule has 0 radical (unpaired) electrons. The van der Waals surface area contributed by atoms with Crippen LogP contribution in [0.15, 0.2) is 40.8 Å². The van der Waals surface area contributed by atoms with Crippen LogP contribution >= 0.6 is 0 Å². The number of aromatic amines is 2. The Kier molecular flexibility index (Phi) is 3.31. The summed E-state index contributed by atoms with van der Waals surface area (Å²) >= 11 is 0. The summed E-state index contributed by atoms with van der Waals surface area (Å²) in [5.41, 5.74) is -0.552. The Labute approximate surface area is 148 Å². The zero-order valence-electron chi connectivity index (χ0n) is 13.2. The molecule has 1 unspecified atom stereocenters. The third-order valence-corrected chi connectivity index (χ3v) is 4.35. The van der Waals surface area contributed by atoms with Crippen LogP contribution < -0.4 is 4.60 Å². The van der Waals surface area contributed by atoms with E-state index in [1.165, 1.54) is 12.3 Å². The Bertz CT molecular complexity index is 1270. The van der Waals surface area contributed by atoms with Gasteiger partial charge in [-0.15, -0.1) is 0 Å². The maximum atomic E-state index is 12.1. The number of nitro groups is 1. The number of hydrogen-bond acceptors (Lipinski definition) is 7. The summed E-state index contributed by atoms with van der Waals surface area (Å²) in [6.07, 6.45) is 2.26. The molecule has 27 heavy (non-hydrogen) atoms. The summed E-state index contributed by atoms with van der Waals surface area (Å²) in [6.45, 7) is 0. The first kappa shape index (κ1) is 16.1. The standard InChI is InChI=1S/C15H8N6O6/c16-5-7-1-2-10-8(3-7)9(6-17-10)13-11(19(22)23)4-12(20(24)25)14-15(13)21(26)27-18-14/h1-4,6,13,17-18H. The van der Waals surface area contributed by atoms with Crippen LogP contribution in [0.25, 0.3) is 10.9 Å². The van der Waals surface area contributed by atoms with Crippen molar-refractivity contribution in [2.24, 2.45) is 0 Å². The van der Waals surface area contributed by atoms with E-state index in [0.29, 0.717) is 22.0 Å². The number of hydrogen-bond donors (Lipinski definition) is 2. The van der Waals surface area contributed by atoms with Gasteiger partial charge in [0.15, 0.2) is 10.5 Å². The molecule has 0 aliphatic heterocycles. The number of aromatic nitrogens is 3. The molecule has 0 fully saturated rings. The minimum absolute atomic E-state index is 0.0209. The van der Waals surface area contributed by atoms with Crippen molar-refractivity contribution in [3.05, 3.63) is 84.1 Å². The maximum absolute atomic E-state index is 12.1. The molecule has 0 amide bonds. The van der Waals surface area contributed by atoms with Gasteiger partial charge in [-0.05, 0) is 28.7 Å². The third kappa shape index (κ3) is 2.26. The van der Waals surface area contributed by atoms with Gasteiger partial charge in [0.25, 0.3) is 22.8 Å². The number of benzene rings is 1. The van der Waals surface area contributed by atoms with Gasteiger partial charge in [-0.1, -0.05) is 9.79 Å². The van der Waals surface area contributed by atoms with Gasteiger partial charge in [-0.25, -0.2) is 0 Å². The normalized spacial score (nSPS) is 15.9. The second kappa shape index (κ2) is 5.56. The number of fused-ring (bicyclic) bond motifs is 2. The number of allylic oxidation sites excluding steroid dienone is 2. The first-order valence-electron chi connectivity index (χ1n) is 7.45. The highest BCUT2D eigenvalue weighted by atomic mass is 16.8. The van der Waals surface area contributed by atoms with E-state index >= 15 is 0 Å². The molecule has 3 aromatic rings. The average Bonchev–Trinajstić information content (AvgIpc) is 3.23. The Morgan fingerprint density at radius 1 is 1.30 bits per heavy atom. The van der Waals surface area contributed by atoms with Gasteiger partial charge in [0, 0.05) is 17.1 Å². The molecule has 4 rings (SSSR count). The van der Waals surface area contributed by atoms with Crippen LogP contribution in [-0.4, -0.2) is 25.7 Å². The van der Waals surface area contributed by atoms with Gasteiger partial charge in [0.2, 0.25) is 0 Å². The van der Waals surface area contributed by atoms with Gasteiger partial charge in [-0.2, -0.15) is 10.2 Å². The van der Waals surface area contributed by atoms with Crippen molar-refractivity contribution in [2.75, 3.05) is 0 Å². The van der Waals surface area contributed by atoms with Gasteiger partial charge in [-0.3, -0.25) is 10.1 Å². The van der Waals surface area contributed by atoms with E-state index in [-0.39, 0.29) is 16.0 Å². The lowest BCUT2D eigenvalue weighted by molar-refractivity contribution is -0.720. The monoisotopic (exact) mass is 368 g/mol. The first-order chi connectivity index (χ1) is 12.9. The molecule has 0 bridgehead atoms. The fraction of sp³-hybridized carbons (Fsp3) is 0.0667. The van der Waals surface area contributed by atoms with E-state index in [2.05, 4.69) is 14.8 Å². The van der Waals surface area contributed by atoms with E-state index in [4.69, 9.17) is 5.26 Å². The minimum atomic E-state index is -1.24. The van der Waals surface area contributed by atoms with Gasteiger partial charge < -0.3 is 15.4 Å². The van der Waals surface area contributed by atoms with Crippen molar-refractivity contribution >= 4 is 16.6 Å². The Morgan fingerprint density at radius 2 is 2.07 bits per heavy atom. The largest absolute Gasteiger partial charge is 0.612 e. The second-order valence-electron chi connectivity index (χ2n) is 5.73. The fourth-order valence-corrected chi connectivity index (χ4v) is 3.21. The predicted octanol–water partition coefficient (Wildman–Crippen LogP) is 0.978. The molecule has 2 heterocycles. The highest BCUT2D eigenvalue weighted by molar-refractivity contribution is 6.06. The highest BCUT2D eigenvalue weighted by Gasteiger charge is 2.48. The van der Waals surface area contributed by atoms with Gasteiger partial charge >= 0.3 is 0 Å². The first-order valence-corrected chi connectivity index (χ1v) is 7.45. The third-order valence-electron chi connectivity index (χ3n) is 4.35. The quantitative estimate of drug-likeness (QED) is 0.383.